The van der Waals surface area contributed by atoms with Crippen LogP contribution in [0.15, 0.2) is 58.6 Å². The van der Waals surface area contributed by atoms with Gasteiger partial charge < -0.3 is 19.6 Å². The molecule has 35 heavy (non-hydrogen) atoms. The molecule has 182 valence electrons. The zero-order valence-electron chi connectivity index (χ0n) is 19.2. The fourth-order valence-corrected chi connectivity index (χ4v) is 4.73. The van der Waals surface area contributed by atoms with Gasteiger partial charge in [0.1, 0.15) is 5.82 Å². The van der Waals surface area contributed by atoms with Crippen LogP contribution in [-0.2, 0) is 4.74 Å². The highest BCUT2D eigenvalue weighted by molar-refractivity contribution is 5.81. The highest BCUT2D eigenvalue weighted by atomic mass is 19.1. The summed E-state index contributed by atoms with van der Waals surface area (Å²) >= 11 is 0. The number of ether oxygens (including phenoxy) is 1. The van der Waals surface area contributed by atoms with Gasteiger partial charge in [0, 0.05) is 44.0 Å². The number of benzene rings is 2. The number of H-pyrrole nitrogens is 2. The number of aromatic nitrogens is 4. The molecule has 2 aromatic carbocycles. The third kappa shape index (κ3) is 5.23. The third-order valence-electron chi connectivity index (χ3n) is 6.62. The fourth-order valence-electron chi connectivity index (χ4n) is 4.73. The molecule has 10 heteroatoms. The number of anilines is 1. The molecule has 4 aromatic rings. The van der Waals surface area contributed by atoms with Crippen molar-refractivity contribution in [2.45, 2.75) is 18.9 Å². The summed E-state index contributed by atoms with van der Waals surface area (Å²) in [7, 11) is 0. The number of nitrogens with one attached hydrogen (secondary N) is 2. The minimum Gasteiger partial charge on any atom is -0.379 e. The summed E-state index contributed by atoms with van der Waals surface area (Å²) in [6.07, 6.45) is 5.09. The van der Waals surface area contributed by atoms with Crippen LogP contribution in [0.5, 0.6) is 0 Å². The average Bonchev–Trinajstić information content (AvgIpc) is 2.90. The predicted octanol–water partition coefficient (Wildman–Crippen LogP) is 2.29. The summed E-state index contributed by atoms with van der Waals surface area (Å²) in [4.78, 5) is 40.9. The molecule has 2 aliphatic rings. The Balaban J connectivity index is 0.000000178. The summed E-state index contributed by atoms with van der Waals surface area (Å²) in [5.41, 5.74) is 1.98. The minimum atomic E-state index is -0.388. The number of hydrogen-bond donors (Lipinski definition) is 2. The van der Waals surface area contributed by atoms with Crippen molar-refractivity contribution < 1.29 is 9.13 Å². The quantitative estimate of drug-likeness (QED) is 0.455. The first-order chi connectivity index (χ1) is 17.1. The van der Waals surface area contributed by atoms with E-state index in [1.54, 1.807) is 0 Å². The Bertz CT molecular complexity index is 1420. The molecule has 0 aliphatic carbocycles. The second kappa shape index (κ2) is 10.3. The van der Waals surface area contributed by atoms with Crippen LogP contribution < -0.4 is 16.0 Å². The number of hydrogen-bond acceptors (Lipinski definition) is 7. The molecular weight excluding hydrogens is 451 g/mol. The largest absolute Gasteiger partial charge is 0.379 e. The van der Waals surface area contributed by atoms with Crippen LogP contribution in [0.4, 0.5) is 10.1 Å². The maximum Gasteiger partial charge on any atom is 0.258 e. The van der Waals surface area contributed by atoms with E-state index in [0.717, 1.165) is 50.6 Å². The zero-order chi connectivity index (χ0) is 24.2. The highest BCUT2D eigenvalue weighted by Gasteiger charge is 2.26. The molecule has 4 heterocycles. The van der Waals surface area contributed by atoms with Crippen LogP contribution in [0.25, 0.3) is 21.8 Å². The van der Waals surface area contributed by atoms with E-state index in [2.05, 4.69) is 29.7 Å². The molecule has 0 unspecified atom stereocenters. The lowest BCUT2D eigenvalue weighted by Gasteiger charge is -2.40. The SMILES string of the molecule is O=c1[nH]cnc2cc(F)ccc12.O=c1[nH]cnc2cc(N3CCC(N4CCOCC4)CC3)ccc12. The summed E-state index contributed by atoms with van der Waals surface area (Å²) in [5.74, 6) is -0.388. The maximum absolute atomic E-state index is 12.6. The Morgan fingerprint density at radius 2 is 1.43 bits per heavy atom. The molecule has 2 N–H and O–H groups in total. The molecule has 0 spiro atoms. The number of morpholine rings is 1. The van der Waals surface area contributed by atoms with Gasteiger partial charge in [0.2, 0.25) is 0 Å². The molecule has 2 aromatic heterocycles. The highest BCUT2D eigenvalue weighted by Crippen LogP contribution is 2.25. The molecule has 2 saturated heterocycles. The van der Waals surface area contributed by atoms with Crippen LogP contribution in [0, 0.1) is 5.82 Å². The summed E-state index contributed by atoms with van der Waals surface area (Å²) < 4.78 is 18.1. The normalized spacial score (nSPS) is 17.3. The Morgan fingerprint density at radius 3 is 2.09 bits per heavy atom. The monoisotopic (exact) mass is 478 g/mol. The number of piperidine rings is 1. The standard InChI is InChI=1S/C17H22N4O2.C8H5FN2O/c22-17-15-2-1-14(11-16(15)18-12-19-17)20-5-3-13(4-6-20)21-7-9-23-10-8-21;9-5-1-2-6-7(3-5)10-4-11-8(6)12/h1-2,11-13H,3-10H2,(H,18,19,22);1-4H,(H,10,11,12). The van der Waals surface area contributed by atoms with E-state index < -0.39 is 0 Å². The van der Waals surface area contributed by atoms with Crippen molar-refractivity contribution in [2.75, 3.05) is 44.3 Å². The van der Waals surface area contributed by atoms with E-state index in [0.29, 0.717) is 22.3 Å². The Labute approximate surface area is 200 Å². The van der Waals surface area contributed by atoms with Gasteiger partial charge in [0.15, 0.2) is 0 Å². The molecule has 0 radical (unpaired) electrons. The predicted molar refractivity (Wildman–Crippen MR) is 132 cm³/mol. The third-order valence-corrected chi connectivity index (χ3v) is 6.62. The van der Waals surface area contributed by atoms with Gasteiger partial charge in [0.25, 0.3) is 11.1 Å². The first-order valence-electron chi connectivity index (χ1n) is 11.8. The van der Waals surface area contributed by atoms with Gasteiger partial charge in [-0.25, -0.2) is 14.4 Å². The maximum atomic E-state index is 12.6. The van der Waals surface area contributed by atoms with Gasteiger partial charge in [-0.3, -0.25) is 14.5 Å². The molecule has 2 fully saturated rings. The lowest BCUT2D eigenvalue weighted by atomic mass is 10.0. The first kappa shape index (κ1) is 23.1. The molecule has 6 rings (SSSR count). The average molecular weight is 479 g/mol. The minimum absolute atomic E-state index is 0.0763. The Hall–Kier alpha value is -3.63. The van der Waals surface area contributed by atoms with Crippen molar-refractivity contribution >= 4 is 27.5 Å². The smallest absolute Gasteiger partial charge is 0.258 e. The van der Waals surface area contributed by atoms with Gasteiger partial charge in [-0.1, -0.05) is 0 Å². The van der Waals surface area contributed by atoms with E-state index >= 15 is 0 Å². The lowest BCUT2D eigenvalue weighted by Crippen LogP contribution is -2.49. The van der Waals surface area contributed by atoms with Gasteiger partial charge in [-0.15, -0.1) is 0 Å². The topological polar surface area (TPSA) is 107 Å². The van der Waals surface area contributed by atoms with E-state index in [-0.39, 0.29) is 16.9 Å². The molecule has 0 saturated carbocycles. The van der Waals surface area contributed by atoms with E-state index in [4.69, 9.17) is 4.74 Å². The van der Waals surface area contributed by atoms with Crippen molar-refractivity contribution in [3.63, 3.8) is 0 Å². The fraction of sp³-hybridized carbons (Fsp3) is 0.360. The van der Waals surface area contributed by atoms with Crippen LogP contribution >= 0.6 is 0 Å². The van der Waals surface area contributed by atoms with Crippen molar-refractivity contribution in [3.05, 3.63) is 75.6 Å². The van der Waals surface area contributed by atoms with Crippen molar-refractivity contribution in [1.29, 1.82) is 0 Å². The van der Waals surface area contributed by atoms with Crippen LogP contribution in [-0.4, -0.2) is 70.3 Å². The zero-order valence-corrected chi connectivity index (χ0v) is 19.2. The van der Waals surface area contributed by atoms with Crippen molar-refractivity contribution in [2.24, 2.45) is 0 Å². The Kier molecular flexibility index (Phi) is 6.82. The van der Waals surface area contributed by atoms with Crippen LogP contribution in [0.1, 0.15) is 12.8 Å². The van der Waals surface area contributed by atoms with E-state index in [1.165, 1.54) is 43.7 Å². The second-order valence-electron chi connectivity index (χ2n) is 8.69. The van der Waals surface area contributed by atoms with Crippen LogP contribution in [0.3, 0.4) is 0 Å². The van der Waals surface area contributed by atoms with Gasteiger partial charge >= 0.3 is 0 Å². The number of aromatic amines is 2. The van der Waals surface area contributed by atoms with Crippen molar-refractivity contribution in [3.8, 4) is 0 Å². The molecule has 0 amide bonds. The summed E-state index contributed by atoms with van der Waals surface area (Å²) in [6, 6.07) is 10.5. The van der Waals surface area contributed by atoms with Crippen molar-refractivity contribution in [1.82, 2.24) is 24.8 Å². The second-order valence-corrected chi connectivity index (χ2v) is 8.69. The van der Waals surface area contributed by atoms with E-state index in [1.807, 2.05) is 18.2 Å². The molecular formula is C25H27FN6O3. The number of rotatable bonds is 2. The van der Waals surface area contributed by atoms with Gasteiger partial charge in [-0.2, -0.15) is 0 Å². The van der Waals surface area contributed by atoms with Gasteiger partial charge in [0.05, 0.1) is 47.7 Å². The van der Waals surface area contributed by atoms with Gasteiger partial charge in [-0.05, 0) is 43.2 Å². The first-order valence-corrected chi connectivity index (χ1v) is 11.8. The van der Waals surface area contributed by atoms with Crippen LogP contribution in [0.2, 0.25) is 0 Å². The Morgan fingerprint density at radius 1 is 0.829 bits per heavy atom. The molecule has 2 aliphatic heterocycles. The van der Waals surface area contributed by atoms with E-state index in [9.17, 15) is 14.0 Å². The molecule has 0 bridgehead atoms. The summed E-state index contributed by atoms with van der Waals surface area (Å²) in [5, 5.41) is 1.05. The number of nitrogens with zero attached hydrogens (tertiary/aromatic N) is 4. The number of fused-ring (bicyclic) bond motifs is 2. The summed E-state index contributed by atoms with van der Waals surface area (Å²) in [6.45, 7) is 5.96. The number of halogens is 1. The lowest BCUT2D eigenvalue weighted by molar-refractivity contribution is 0.0115. The molecule has 9 nitrogen and oxygen atoms in total. The molecule has 0 atom stereocenters.